The average Bonchev–Trinajstić information content (AvgIpc) is 2.90. The first kappa shape index (κ1) is 26.2. The quantitative estimate of drug-likeness (QED) is 0.193. The average molecular weight is 530 g/mol. The van der Waals surface area contributed by atoms with Crippen LogP contribution in [0.5, 0.6) is 34.5 Å². The minimum Gasteiger partial charge on any atom is -0.478 e. The van der Waals surface area contributed by atoms with Gasteiger partial charge < -0.3 is 34.6 Å². The Bertz CT molecular complexity index is 1450. The van der Waals surface area contributed by atoms with E-state index in [1.807, 2.05) is 0 Å². The molecule has 196 valence electrons. The predicted molar refractivity (Wildman–Crippen MR) is 134 cm³/mol. The van der Waals surface area contributed by atoms with Crippen LogP contribution in [0.25, 0.3) is 0 Å². The molecule has 0 aromatic heterocycles. The molecule has 39 heavy (non-hydrogen) atoms. The van der Waals surface area contributed by atoms with Crippen molar-refractivity contribution in [3.63, 3.8) is 0 Å². The van der Waals surface area contributed by atoms with Gasteiger partial charge in [0, 0.05) is 0 Å². The van der Waals surface area contributed by atoms with E-state index in [2.05, 4.69) is 0 Å². The van der Waals surface area contributed by atoms with Gasteiger partial charge in [-0.3, -0.25) is 0 Å². The SMILES string of the molecule is O=C(O)c1ccc(Oc2ccc(Oc3ccc(Oc4ccc(C(=O)O)cc4C(=O)O)cc3)cc2)c(C(=O)O)c1. The monoisotopic (exact) mass is 530 g/mol. The van der Waals surface area contributed by atoms with E-state index >= 15 is 0 Å². The molecule has 0 saturated heterocycles. The highest BCUT2D eigenvalue weighted by Gasteiger charge is 2.17. The van der Waals surface area contributed by atoms with E-state index in [0.717, 1.165) is 12.1 Å². The second-order valence-corrected chi connectivity index (χ2v) is 7.89. The van der Waals surface area contributed by atoms with E-state index in [1.54, 1.807) is 24.3 Å². The largest absolute Gasteiger partial charge is 0.478 e. The molecule has 0 unspecified atom stereocenters. The summed E-state index contributed by atoms with van der Waals surface area (Å²) in [5.74, 6) is -3.82. The molecular weight excluding hydrogens is 512 g/mol. The number of carbonyl (C=O) groups is 4. The molecule has 0 radical (unpaired) electrons. The summed E-state index contributed by atoms with van der Waals surface area (Å²) < 4.78 is 17.0. The van der Waals surface area contributed by atoms with Gasteiger partial charge in [-0.2, -0.15) is 0 Å². The second kappa shape index (κ2) is 11.0. The van der Waals surface area contributed by atoms with Gasteiger partial charge in [0.2, 0.25) is 0 Å². The summed E-state index contributed by atoms with van der Waals surface area (Å²) in [6, 6.07) is 19.5. The van der Waals surface area contributed by atoms with Crippen LogP contribution in [-0.2, 0) is 0 Å². The van der Waals surface area contributed by atoms with Gasteiger partial charge in [-0.15, -0.1) is 0 Å². The van der Waals surface area contributed by atoms with Crippen molar-refractivity contribution in [2.45, 2.75) is 0 Å². The van der Waals surface area contributed by atoms with Gasteiger partial charge in [-0.1, -0.05) is 0 Å². The van der Waals surface area contributed by atoms with Crippen LogP contribution in [0.15, 0.2) is 84.9 Å². The van der Waals surface area contributed by atoms with E-state index in [1.165, 1.54) is 48.5 Å². The Hall–Kier alpha value is -5.84. The molecule has 0 aliphatic heterocycles. The van der Waals surface area contributed by atoms with Crippen molar-refractivity contribution in [1.29, 1.82) is 0 Å². The van der Waals surface area contributed by atoms with Crippen molar-refractivity contribution < 1.29 is 53.8 Å². The molecule has 11 heteroatoms. The van der Waals surface area contributed by atoms with Gasteiger partial charge in [0.15, 0.2) is 0 Å². The zero-order valence-electron chi connectivity index (χ0n) is 19.7. The lowest BCUT2D eigenvalue weighted by Crippen LogP contribution is -2.04. The smallest absolute Gasteiger partial charge is 0.339 e. The number of carboxylic acid groups (broad SMARTS) is 4. The molecular formula is C28H18O11. The van der Waals surface area contributed by atoms with Crippen LogP contribution < -0.4 is 14.2 Å². The lowest BCUT2D eigenvalue weighted by atomic mass is 10.1. The highest BCUT2D eigenvalue weighted by molar-refractivity contribution is 5.96. The van der Waals surface area contributed by atoms with E-state index in [4.69, 9.17) is 24.4 Å². The number of aromatic carboxylic acids is 4. The van der Waals surface area contributed by atoms with Crippen LogP contribution in [0.4, 0.5) is 0 Å². The standard InChI is InChI=1S/C28H18O11/c29-25(30)15-1-11-23(21(13-15)27(33)34)38-19-7-3-17(4-8-19)37-18-5-9-20(10-6-18)39-24-12-2-16(26(31)32)14-22(24)28(35)36/h1-14H,(H,29,30)(H,31,32)(H,33,34)(H,35,36). The summed E-state index contributed by atoms with van der Waals surface area (Å²) >= 11 is 0. The minimum atomic E-state index is -1.34. The first-order chi connectivity index (χ1) is 18.6. The molecule has 11 nitrogen and oxygen atoms in total. The fourth-order valence-corrected chi connectivity index (χ4v) is 3.38. The molecule has 4 aromatic rings. The first-order valence-corrected chi connectivity index (χ1v) is 11.1. The zero-order chi connectivity index (χ0) is 28.1. The summed E-state index contributed by atoms with van der Waals surface area (Å²) in [5, 5.41) is 36.9. The summed E-state index contributed by atoms with van der Waals surface area (Å²) in [5.41, 5.74) is -0.964. The minimum absolute atomic E-state index is 0.0274. The van der Waals surface area contributed by atoms with Gasteiger partial charge >= 0.3 is 23.9 Å². The third kappa shape index (κ3) is 6.30. The van der Waals surface area contributed by atoms with Crippen LogP contribution in [0, 0.1) is 0 Å². The van der Waals surface area contributed by atoms with Gasteiger partial charge in [0.05, 0.1) is 11.1 Å². The number of hydrogen-bond acceptors (Lipinski definition) is 7. The Morgan fingerprint density at radius 3 is 1.00 bits per heavy atom. The van der Waals surface area contributed by atoms with Crippen molar-refractivity contribution >= 4 is 23.9 Å². The summed E-state index contributed by atoms with van der Waals surface area (Å²) in [6.45, 7) is 0. The van der Waals surface area contributed by atoms with E-state index in [0.29, 0.717) is 23.0 Å². The maximum Gasteiger partial charge on any atom is 0.339 e. The van der Waals surface area contributed by atoms with Crippen molar-refractivity contribution in [3.05, 3.63) is 107 Å². The Balaban J connectivity index is 1.43. The Morgan fingerprint density at radius 2 is 0.718 bits per heavy atom. The molecule has 4 aromatic carbocycles. The van der Waals surface area contributed by atoms with Crippen LogP contribution >= 0.6 is 0 Å². The van der Waals surface area contributed by atoms with Crippen molar-refractivity contribution in [3.8, 4) is 34.5 Å². The highest BCUT2D eigenvalue weighted by atomic mass is 16.5. The number of hydrogen-bond donors (Lipinski definition) is 4. The maximum atomic E-state index is 11.5. The molecule has 0 saturated carbocycles. The summed E-state index contributed by atoms with van der Waals surface area (Å²) in [7, 11) is 0. The van der Waals surface area contributed by atoms with Crippen molar-refractivity contribution in [2.75, 3.05) is 0 Å². The second-order valence-electron chi connectivity index (χ2n) is 7.89. The zero-order valence-corrected chi connectivity index (χ0v) is 19.7. The molecule has 0 aliphatic carbocycles. The molecule has 0 amide bonds. The molecule has 0 bridgehead atoms. The van der Waals surface area contributed by atoms with Gasteiger partial charge in [0.25, 0.3) is 0 Å². The normalized spacial score (nSPS) is 10.4. The van der Waals surface area contributed by atoms with E-state index in [9.17, 15) is 29.4 Å². The fraction of sp³-hybridized carbons (Fsp3) is 0. The number of ether oxygens (including phenoxy) is 3. The van der Waals surface area contributed by atoms with Crippen LogP contribution in [0.1, 0.15) is 41.4 Å². The van der Waals surface area contributed by atoms with Crippen LogP contribution in [0.2, 0.25) is 0 Å². The Morgan fingerprint density at radius 1 is 0.410 bits per heavy atom. The lowest BCUT2D eigenvalue weighted by molar-refractivity contribution is 0.0674. The van der Waals surface area contributed by atoms with Crippen LogP contribution in [-0.4, -0.2) is 44.3 Å². The van der Waals surface area contributed by atoms with Gasteiger partial charge in [0.1, 0.15) is 45.6 Å². The third-order valence-electron chi connectivity index (χ3n) is 5.25. The highest BCUT2D eigenvalue weighted by Crippen LogP contribution is 2.32. The Kier molecular flexibility index (Phi) is 7.43. The third-order valence-corrected chi connectivity index (χ3v) is 5.25. The topological polar surface area (TPSA) is 177 Å². The predicted octanol–water partition coefficient (Wildman–Crippen LogP) is 5.86. The molecule has 4 N–H and O–H groups in total. The molecule has 0 atom stereocenters. The molecule has 0 heterocycles. The van der Waals surface area contributed by atoms with Gasteiger partial charge in [-0.05, 0) is 84.9 Å². The van der Waals surface area contributed by atoms with E-state index < -0.39 is 23.9 Å². The number of rotatable bonds is 10. The fourth-order valence-electron chi connectivity index (χ4n) is 3.38. The number of benzene rings is 4. The summed E-state index contributed by atoms with van der Waals surface area (Å²) in [4.78, 5) is 45.2. The van der Waals surface area contributed by atoms with Crippen molar-refractivity contribution in [2.24, 2.45) is 0 Å². The van der Waals surface area contributed by atoms with E-state index in [-0.39, 0.29) is 33.8 Å². The molecule has 0 aliphatic rings. The molecule has 0 fully saturated rings. The van der Waals surface area contributed by atoms with Crippen molar-refractivity contribution in [1.82, 2.24) is 0 Å². The molecule has 4 rings (SSSR count). The first-order valence-electron chi connectivity index (χ1n) is 11.1. The molecule has 0 spiro atoms. The van der Waals surface area contributed by atoms with Gasteiger partial charge in [-0.25, -0.2) is 19.2 Å². The number of carboxylic acids is 4. The summed E-state index contributed by atoms with van der Waals surface area (Å²) in [6.07, 6.45) is 0. The van der Waals surface area contributed by atoms with Crippen LogP contribution in [0.3, 0.4) is 0 Å². The maximum absolute atomic E-state index is 11.5. The lowest BCUT2D eigenvalue weighted by Gasteiger charge is -2.12. The Labute approximate surface area is 219 Å².